The van der Waals surface area contributed by atoms with Crippen molar-refractivity contribution in [1.82, 2.24) is 14.8 Å². The minimum atomic E-state index is -0.434. The molecule has 2 aromatic heterocycles. The van der Waals surface area contributed by atoms with Gasteiger partial charge in [-0.1, -0.05) is 0 Å². The van der Waals surface area contributed by atoms with Gasteiger partial charge in [0.1, 0.15) is 0 Å². The maximum atomic E-state index is 11.0. The lowest BCUT2D eigenvalue weighted by atomic mass is 10.3. The second-order valence-electron chi connectivity index (χ2n) is 4.28. The highest BCUT2D eigenvalue weighted by atomic mass is 32.1. The van der Waals surface area contributed by atoms with Crippen molar-refractivity contribution in [2.75, 3.05) is 18.0 Å². The van der Waals surface area contributed by atoms with Crippen LogP contribution in [0.2, 0.25) is 0 Å². The van der Waals surface area contributed by atoms with Crippen LogP contribution in [0.15, 0.2) is 24.0 Å². The maximum absolute atomic E-state index is 11.0. The van der Waals surface area contributed by atoms with E-state index >= 15 is 0 Å². The molecular weight excluding hydrogens is 250 g/mol. The molecule has 3 heterocycles. The maximum Gasteiger partial charge on any atom is 0.251 e. The van der Waals surface area contributed by atoms with Gasteiger partial charge in [0, 0.05) is 30.9 Å². The van der Waals surface area contributed by atoms with Crippen LogP contribution in [0.5, 0.6) is 0 Å². The average molecular weight is 263 g/mol. The average Bonchev–Trinajstić information content (AvgIpc) is 3.10. The summed E-state index contributed by atoms with van der Waals surface area (Å²) in [7, 11) is 0. The molecule has 7 heteroatoms. The van der Waals surface area contributed by atoms with E-state index in [0.29, 0.717) is 5.56 Å². The van der Waals surface area contributed by atoms with Gasteiger partial charge in [0.05, 0.1) is 17.8 Å². The quantitative estimate of drug-likeness (QED) is 0.892. The number of anilines is 1. The van der Waals surface area contributed by atoms with Crippen LogP contribution in [-0.2, 0) is 0 Å². The normalized spacial score (nSPS) is 19.3. The van der Waals surface area contributed by atoms with E-state index in [1.165, 1.54) is 6.20 Å². The van der Waals surface area contributed by atoms with Crippen LogP contribution in [0.3, 0.4) is 0 Å². The first-order valence-electron chi connectivity index (χ1n) is 5.72. The molecule has 0 aliphatic carbocycles. The summed E-state index contributed by atoms with van der Waals surface area (Å²) in [5, 5.41) is 7.22. The fraction of sp³-hybridized carbons (Fsp3) is 0.364. The third-order valence-electron chi connectivity index (χ3n) is 3.11. The van der Waals surface area contributed by atoms with Crippen LogP contribution in [0.1, 0.15) is 22.8 Å². The molecule has 1 amide bonds. The van der Waals surface area contributed by atoms with Crippen LogP contribution in [0, 0.1) is 0 Å². The molecule has 1 unspecified atom stereocenters. The summed E-state index contributed by atoms with van der Waals surface area (Å²) in [6, 6.07) is 0.280. The number of nitrogens with two attached hydrogens (primary N) is 1. The first kappa shape index (κ1) is 11.2. The monoisotopic (exact) mass is 263 g/mol. The van der Waals surface area contributed by atoms with Gasteiger partial charge in [-0.25, -0.2) is 4.98 Å². The minimum absolute atomic E-state index is 0.280. The number of primary amides is 1. The predicted molar refractivity (Wildman–Crippen MR) is 68.7 cm³/mol. The van der Waals surface area contributed by atoms with Crippen molar-refractivity contribution >= 4 is 22.4 Å². The third kappa shape index (κ3) is 1.97. The first-order chi connectivity index (χ1) is 8.74. The van der Waals surface area contributed by atoms with Crippen LogP contribution < -0.4 is 10.6 Å². The van der Waals surface area contributed by atoms with Crippen molar-refractivity contribution in [3.05, 3.63) is 29.5 Å². The first-order valence-corrected chi connectivity index (χ1v) is 6.60. The Morgan fingerprint density at radius 3 is 3.11 bits per heavy atom. The van der Waals surface area contributed by atoms with Gasteiger partial charge in [-0.05, 0) is 6.42 Å². The Kier molecular flexibility index (Phi) is 2.75. The Balaban J connectivity index is 1.73. The Hall–Kier alpha value is -1.89. The topological polar surface area (TPSA) is 77.0 Å². The van der Waals surface area contributed by atoms with Gasteiger partial charge in [0.25, 0.3) is 5.91 Å². The van der Waals surface area contributed by atoms with E-state index in [0.717, 1.165) is 24.6 Å². The van der Waals surface area contributed by atoms with Gasteiger partial charge in [0.15, 0.2) is 5.13 Å². The number of nitrogens with zero attached hydrogens (tertiary/aromatic N) is 4. The Morgan fingerprint density at radius 1 is 1.56 bits per heavy atom. The summed E-state index contributed by atoms with van der Waals surface area (Å²) >= 11 is 1.64. The second-order valence-corrected chi connectivity index (χ2v) is 5.15. The van der Waals surface area contributed by atoms with Crippen LogP contribution >= 0.6 is 11.3 Å². The molecule has 2 N–H and O–H groups in total. The molecule has 0 radical (unpaired) electrons. The van der Waals surface area contributed by atoms with E-state index < -0.39 is 5.91 Å². The summed E-state index contributed by atoms with van der Waals surface area (Å²) in [5.74, 6) is -0.434. The zero-order chi connectivity index (χ0) is 12.5. The fourth-order valence-electron chi connectivity index (χ4n) is 2.17. The van der Waals surface area contributed by atoms with Crippen LogP contribution in [0.25, 0.3) is 0 Å². The van der Waals surface area contributed by atoms with Crippen molar-refractivity contribution in [3.8, 4) is 0 Å². The molecule has 1 aliphatic heterocycles. The van der Waals surface area contributed by atoms with Crippen molar-refractivity contribution in [3.63, 3.8) is 0 Å². The summed E-state index contributed by atoms with van der Waals surface area (Å²) < 4.78 is 1.83. The molecule has 0 saturated carbocycles. The fourth-order valence-corrected chi connectivity index (χ4v) is 2.85. The highest BCUT2D eigenvalue weighted by molar-refractivity contribution is 7.13. The molecule has 1 saturated heterocycles. The second kappa shape index (κ2) is 4.41. The van der Waals surface area contributed by atoms with Crippen LogP contribution in [0.4, 0.5) is 5.13 Å². The van der Waals surface area contributed by atoms with Gasteiger partial charge >= 0.3 is 0 Å². The molecule has 6 nitrogen and oxygen atoms in total. The summed E-state index contributed by atoms with van der Waals surface area (Å²) in [4.78, 5) is 17.6. The molecule has 1 aliphatic rings. The summed E-state index contributed by atoms with van der Waals surface area (Å²) in [6.45, 7) is 1.83. The van der Waals surface area contributed by atoms with E-state index in [2.05, 4.69) is 15.0 Å². The Bertz CT molecular complexity index is 550. The number of hydrogen-bond acceptors (Lipinski definition) is 5. The number of carbonyl (C=O) groups excluding carboxylic acids is 1. The smallest absolute Gasteiger partial charge is 0.251 e. The lowest BCUT2D eigenvalue weighted by molar-refractivity contribution is 0.1000. The predicted octanol–water partition coefficient (Wildman–Crippen LogP) is 0.890. The van der Waals surface area contributed by atoms with Gasteiger partial charge < -0.3 is 10.6 Å². The van der Waals surface area contributed by atoms with E-state index in [1.54, 1.807) is 17.5 Å². The number of aromatic nitrogens is 3. The molecule has 2 aromatic rings. The van der Waals surface area contributed by atoms with Gasteiger partial charge in [-0.2, -0.15) is 5.10 Å². The molecule has 3 rings (SSSR count). The molecule has 18 heavy (non-hydrogen) atoms. The number of amides is 1. The highest BCUT2D eigenvalue weighted by Gasteiger charge is 2.26. The van der Waals surface area contributed by atoms with Crippen LogP contribution in [-0.4, -0.2) is 33.8 Å². The SMILES string of the molecule is NC(=O)c1cnn(C2CCN(c3nccs3)C2)c1. The van der Waals surface area contributed by atoms with Gasteiger partial charge in [-0.3, -0.25) is 9.48 Å². The summed E-state index contributed by atoms with van der Waals surface area (Å²) in [6.07, 6.45) is 6.05. The van der Waals surface area contributed by atoms with Crippen molar-refractivity contribution < 1.29 is 4.79 Å². The third-order valence-corrected chi connectivity index (χ3v) is 3.95. The lowest BCUT2D eigenvalue weighted by Crippen LogP contribution is -2.20. The molecule has 0 bridgehead atoms. The largest absolute Gasteiger partial charge is 0.366 e. The Morgan fingerprint density at radius 2 is 2.44 bits per heavy atom. The molecule has 0 spiro atoms. The molecule has 1 atom stereocenters. The highest BCUT2D eigenvalue weighted by Crippen LogP contribution is 2.27. The van der Waals surface area contributed by atoms with Crippen molar-refractivity contribution in [1.29, 1.82) is 0 Å². The number of carbonyl (C=O) groups is 1. The van der Waals surface area contributed by atoms with Crippen molar-refractivity contribution in [2.24, 2.45) is 5.73 Å². The van der Waals surface area contributed by atoms with Crippen molar-refractivity contribution in [2.45, 2.75) is 12.5 Å². The Labute approximate surface area is 108 Å². The van der Waals surface area contributed by atoms with Gasteiger partial charge in [-0.15, -0.1) is 11.3 Å². The standard InChI is InChI=1S/C11H13N5OS/c12-10(17)8-5-14-16(6-8)9-1-3-15(7-9)11-13-2-4-18-11/h2,4-6,9H,1,3,7H2,(H2,12,17). The molecule has 0 aromatic carbocycles. The van der Waals surface area contributed by atoms with E-state index in [1.807, 2.05) is 16.3 Å². The van der Waals surface area contributed by atoms with E-state index in [-0.39, 0.29) is 6.04 Å². The van der Waals surface area contributed by atoms with E-state index in [4.69, 9.17) is 5.73 Å². The zero-order valence-corrected chi connectivity index (χ0v) is 10.5. The van der Waals surface area contributed by atoms with E-state index in [9.17, 15) is 4.79 Å². The number of thiazole rings is 1. The molecular formula is C11H13N5OS. The molecule has 94 valence electrons. The number of hydrogen-bond donors (Lipinski definition) is 1. The summed E-state index contributed by atoms with van der Waals surface area (Å²) in [5.41, 5.74) is 5.68. The number of rotatable bonds is 3. The molecule has 1 fully saturated rings. The zero-order valence-electron chi connectivity index (χ0n) is 9.69. The minimum Gasteiger partial charge on any atom is -0.366 e. The van der Waals surface area contributed by atoms with Gasteiger partial charge in [0.2, 0.25) is 0 Å². The lowest BCUT2D eigenvalue weighted by Gasteiger charge is -2.14.